The Hall–Kier alpha value is -3.15. The lowest BCUT2D eigenvalue weighted by Crippen LogP contribution is -2.18. The van der Waals surface area contributed by atoms with Crippen molar-refractivity contribution in [3.63, 3.8) is 0 Å². The second-order valence-electron chi connectivity index (χ2n) is 6.07. The smallest absolute Gasteiger partial charge is 0.262 e. The molecule has 0 radical (unpaired) electrons. The van der Waals surface area contributed by atoms with Gasteiger partial charge in [-0.05, 0) is 38.5 Å². The number of rotatable bonds is 6. The number of nitrogens with one attached hydrogen (secondary N) is 1. The summed E-state index contributed by atoms with van der Waals surface area (Å²) >= 11 is 0. The lowest BCUT2D eigenvalue weighted by atomic mass is 10.1. The van der Waals surface area contributed by atoms with Crippen molar-refractivity contribution in [3.05, 3.63) is 71.0 Å². The average molecular weight is 350 g/mol. The molecule has 1 amide bonds. The number of carbonyl (C=O) groups excluding carboxylic acids is 1. The Balaban J connectivity index is 1.84. The normalized spacial score (nSPS) is 10.6. The summed E-state index contributed by atoms with van der Waals surface area (Å²) in [5, 5.41) is 7.35. The summed E-state index contributed by atoms with van der Waals surface area (Å²) in [5.74, 6) is 0.730. The number of aromatic nitrogens is 3. The van der Waals surface area contributed by atoms with Gasteiger partial charge in [-0.3, -0.25) is 4.79 Å². The molecular formula is C20H22N4O2. The van der Waals surface area contributed by atoms with E-state index in [1.807, 2.05) is 26.0 Å². The topological polar surface area (TPSA) is 69.0 Å². The minimum Gasteiger partial charge on any atom is -0.477 e. The average Bonchev–Trinajstić information content (AvgIpc) is 2.96. The summed E-state index contributed by atoms with van der Waals surface area (Å²) in [7, 11) is 0. The van der Waals surface area contributed by atoms with Gasteiger partial charge in [0.05, 0.1) is 19.3 Å². The van der Waals surface area contributed by atoms with Gasteiger partial charge in [0.25, 0.3) is 5.91 Å². The van der Waals surface area contributed by atoms with Gasteiger partial charge in [0.15, 0.2) is 0 Å². The molecule has 3 rings (SSSR count). The molecule has 0 spiro atoms. The molecule has 0 aliphatic carbocycles. The first-order valence-electron chi connectivity index (χ1n) is 8.55. The molecule has 1 aromatic carbocycles. The second kappa shape index (κ2) is 7.82. The number of benzene rings is 1. The van der Waals surface area contributed by atoms with Gasteiger partial charge < -0.3 is 10.1 Å². The lowest BCUT2D eigenvalue weighted by Gasteiger charge is -2.12. The zero-order valence-electron chi connectivity index (χ0n) is 15.2. The first kappa shape index (κ1) is 17.7. The first-order chi connectivity index (χ1) is 12.6. The maximum absolute atomic E-state index is 12.7. The number of hydrogen-bond donors (Lipinski definition) is 1. The van der Waals surface area contributed by atoms with Crippen molar-refractivity contribution in [3.8, 4) is 5.88 Å². The van der Waals surface area contributed by atoms with Crippen LogP contribution in [-0.2, 0) is 6.54 Å². The van der Waals surface area contributed by atoms with Crippen LogP contribution >= 0.6 is 0 Å². The predicted molar refractivity (Wildman–Crippen MR) is 101 cm³/mol. The van der Waals surface area contributed by atoms with E-state index < -0.39 is 0 Å². The molecule has 3 aromatic rings. The molecule has 1 N–H and O–H groups in total. The number of carbonyl (C=O) groups is 1. The van der Waals surface area contributed by atoms with E-state index >= 15 is 0 Å². The van der Waals surface area contributed by atoms with Gasteiger partial charge >= 0.3 is 0 Å². The van der Waals surface area contributed by atoms with Gasteiger partial charge in [0, 0.05) is 11.8 Å². The Bertz CT molecular complexity index is 918. The van der Waals surface area contributed by atoms with Crippen LogP contribution in [0.5, 0.6) is 5.88 Å². The number of amides is 1. The summed E-state index contributed by atoms with van der Waals surface area (Å²) in [4.78, 5) is 16.9. The number of hydrogen-bond acceptors (Lipinski definition) is 4. The Kier molecular flexibility index (Phi) is 5.31. The van der Waals surface area contributed by atoms with Crippen LogP contribution in [0.2, 0.25) is 0 Å². The van der Waals surface area contributed by atoms with Crippen molar-refractivity contribution in [2.45, 2.75) is 27.3 Å². The molecule has 0 aliphatic rings. The fraction of sp³-hybridized carbons (Fsp3) is 0.250. The van der Waals surface area contributed by atoms with Gasteiger partial charge in [-0.25, -0.2) is 9.67 Å². The number of ether oxygens (including phenoxy) is 1. The minimum absolute atomic E-state index is 0.268. The molecule has 0 saturated carbocycles. The van der Waals surface area contributed by atoms with Crippen LogP contribution in [0.4, 0.5) is 5.82 Å². The van der Waals surface area contributed by atoms with Gasteiger partial charge in [-0.2, -0.15) is 5.10 Å². The summed E-state index contributed by atoms with van der Waals surface area (Å²) in [6.07, 6.45) is 3.35. The Morgan fingerprint density at radius 3 is 2.85 bits per heavy atom. The highest BCUT2D eigenvalue weighted by molar-refractivity contribution is 6.05. The molecule has 0 atom stereocenters. The molecule has 6 nitrogen and oxygen atoms in total. The fourth-order valence-electron chi connectivity index (χ4n) is 2.74. The summed E-state index contributed by atoms with van der Waals surface area (Å²) < 4.78 is 7.24. The molecule has 134 valence electrons. The highest BCUT2D eigenvalue weighted by atomic mass is 16.5. The van der Waals surface area contributed by atoms with E-state index in [1.54, 1.807) is 29.2 Å². The van der Waals surface area contributed by atoms with Crippen molar-refractivity contribution in [2.24, 2.45) is 0 Å². The molecule has 26 heavy (non-hydrogen) atoms. The maximum atomic E-state index is 12.7. The van der Waals surface area contributed by atoms with E-state index in [9.17, 15) is 4.79 Å². The van der Waals surface area contributed by atoms with E-state index in [0.717, 1.165) is 11.1 Å². The van der Waals surface area contributed by atoms with Crippen molar-refractivity contribution < 1.29 is 9.53 Å². The molecule has 6 heteroatoms. The molecule has 0 aliphatic heterocycles. The monoisotopic (exact) mass is 350 g/mol. The van der Waals surface area contributed by atoms with Crippen LogP contribution in [0.25, 0.3) is 0 Å². The van der Waals surface area contributed by atoms with E-state index in [1.165, 1.54) is 5.56 Å². The molecular weight excluding hydrogens is 328 g/mol. The third-order valence-corrected chi connectivity index (χ3v) is 3.97. The number of pyridine rings is 1. The second-order valence-corrected chi connectivity index (χ2v) is 6.07. The Labute approximate surface area is 152 Å². The first-order valence-corrected chi connectivity index (χ1v) is 8.55. The molecule has 2 aromatic heterocycles. The number of aryl methyl sites for hydroxylation is 2. The zero-order chi connectivity index (χ0) is 18.5. The van der Waals surface area contributed by atoms with Crippen molar-refractivity contribution in [2.75, 3.05) is 11.9 Å². The standard InChI is InChI=1S/C20H22N4O2/c1-4-26-20-17(9-6-10-21-20)19(25)23-18-15(3)12-22-24(18)13-16-8-5-7-14(2)11-16/h5-12H,4,13H2,1-3H3,(H,23,25). The molecule has 2 heterocycles. The van der Waals surface area contributed by atoms with Crippen molar-refractivity contribution in [1.82, 2.24) is 14.8 Å². The zero-order valence-corrected chi connectivity index (χ0v) is 15.2. The highest BCUT2D eigenvalue weighted by Gasteiger charge is 2.17. The molecule has 0 bridgehead atoms. The van der Waals surface area contributed by atoms with Crippen LogP contribution in [0, 0.1) is 13.8 Å². The predicted octanol–water partition coefficient (Wildman–Crippen LogP) is 3.59. The van der Waals surface area contributed by atoms with Crippen LogP contribution in [-0.4, -0.2) is 27.3 Å². The lowest BCUT2D eigenvalue weighted by molar-refractivity contribution is 0.102. The fourth-order valence-corrected chi connectivity index (χ4v) is 2.74. The van der Waals surface area contributed by atoms with Crippen LogP contribution in [0.1, 0.15) is 34.0 Å². The van der Waals surface area contributed by atoms with E-state index in [-0.39, 0.29) is 5.91 Å². The largest absolute Gasteiger partial charge is 0.477 e. The third-order valence-electron chi connectivity index (χ3n) is 3.97. The van der Waals surface area contributed by atoms with E-state index in [2.05, 4.69) is 34.5 Å². The van der Waals surface area contributed by atoms with Crippen LogP contribution in [0.15, 0.2) is 48.8 Å². The Morgan fingerprint density at radius 2 is 2.08 bits per heavy atom. The van der Waals surface area contributed by atoms with E-state index in [4.69, 9.17) is 4.74 Å². The maximum Gasteiger partial charge on any atom is 0.262 e. The highest BCUT2D eigenvalue weighted by Crippen LogP contribution is 2.20. The summed E-state index contributed by atoms with van der Waals surface area (Å²) in [6, 6.07) is 11.6. The van der Waals surface area contributed by atoms with Gasteiger partial charge in [-0.1, -0.05) is 29.8 Å². The summed E-state index contributed by atoms with van der Waals surface area (Å²) in [6.45, 7) is 6.86. The third kappa shape index (κ3) is 3.91. The van der Waals surface area contributed by atoms with Gasteiger partial charge in [0.1, 0.15) is 11.4 Å². The number of anilines is 1. The quantitative estimate of drug-likeness (QED) is 0.737. The van der Waals surface area contributed by atoms with Crippen LogP contribution in [0.3, 0.4) is 0 Å². The number of nitrogens with zero attached hydrogens (tertiary/aromatic N) is 3. The van der Waals surface area contributed by atoms with Crippen LogP contribution < -0.4 is 10.1 Å². The molecule has 0 saturated heterocycles. The van der Waals surface area contributed by atoms with Gasteiger partial charge in [0.2, 0.25) is 5.88 Å². The minimum atomic E-state index is -0.268. The Morgan fingerprint density at radius 1 is 1.23 bits per heavy atom. The summed E-state index contributed by atoms with van der Waals surface area (Å²) in [5.41, 5.74) is 3.61. The van der Waals surface area contributed by atoms with E-state index in [0.29, 0.717) is 30.4 Å². The molecule has 0 fully saturated rings. The molecule has 0 unspecified atom stereocenters. The SMILES string of the molecule is CCOc1ncccc1C(=O)Nc1c(C)cnn1Cc1cccc(C)c1. The van der Waals surface area contributed by atoms with Crippen molar-refractivity contribution >= 4 is 11.7 Å². The van der Waals surface area contributed by atoms with Crippen molar-refractivity contribution in [1.29, 1.82) is 0 Å². The van der Waals surface area contributed by atoms with Gasteiger partial charge in [-0.15, -0.1) is 0 Å².